The van der Waals surface area contributed by atoms with Gasteiger partial charge in [0, 0.05) is 48.5 Å². The molecule has 1 aromatic carbocycles. The van der Waals surface area contributed by atoms with Crippen molar-refractivity contribution in [3.05, 3.63) is 77.7 Å². The van der Waals surface area contributed by atoms with E-state index in [0.29, 0.717) is 11.8 Å². The van der Waals surface area contributed by atoms with Gasteiger partial charge < -0.3 is 15.4 Å². The summed E-state index contributed by atoms with van der Waals surface area (Å²) < 4.78 is 12.4. The molecule has 0 aliphatic rings. The Morgan fingerprint density at radius 1 is 1.04 bits per heavy atom. The predicted octanol–water partition coefficient (Wildman–Crippen LogP) is 8.81. The minimum atomic E-state index is -1.16. The number of thiazole rings is 1. The second kappa shape index (κ2) is 23.7. The number of hydrogen-bond donors (Lipinski definition) is 2. The topological polar surface area (TPSA) is 106 Å². The average molecular weight is 668 g/mol. The van der Waals surface area contributed by atoms with E-state index in [4.69, 9.17) is 0 Å². The fraction of sp³-hybridized carbons (Fsp3) is 0.444. The number of aromatic nitrogens is 3. The third-order valence-corrected chi connectivity index (χ3v) is 8.61. The van der Waals surface area contributed by atoms with Crippen LogP contribution in [0.15, 0.2) is 66.4 Å². The first-order chi connectivity index (χ1) is 22.1. The number of anilines is 1. The summed E-state index contributed by atoms with van der Waals surface area (Å²) >= 11 is 1.62. The van der Waals surface area contributed by atoms with E-state index in [2.05, 4.69) is 90.9 Å². The Bertz CT molecular complexity index is 1450. The highest BCUT2D eigenvalue weighted by Crippen LogP contribution is 2.28. The van der Waals surface area contributed by atoms with Crippen LogP contribution in [0.1, 0.15) is 89.2 Å². The lowest BCUT2D eigenvalue weighted by molar-refractivity contribution is -0.107. The van der Waals surface area contributed by atoms with E-state index >= 15 is 0 Å². The molecule has 2 N–H and O–H groups in total. The SMILES string of the molecule is CCCC.CCCCC(C)CC.CNc1nc(-c2cccc(-c3ccnc(C)c3)c2)cs1.CS(=O)n1ccc(C(=O)NCC=O)c1. The molecule has 4 rings (SSSR count). The number of pyridine rings is 1. The molecule has 0 saturated carbocycles. The van der Waals surface area contributed by atoms with Gasteiger partial charge in [0.05, 0.1) is 17.8 Å². The van der Waals surface area contributed by atoms with Crippen molar-refractivity contribution < 1.29 is 13.8 Å². The van der Waals surface area contributed by atoms with E-state index in [-0.39, 0.29) is 12.5 Å². The van der Waals surface area contributed by atoms with Gasteiger partial charge in [-0.05, 0) is 48.2 Å². The maximum atomic E-state index is 11.3. The van der Waals surface area contributed by atoms with E-state index in [0.717, 1.165) is 28.0 Å². The lowest BCUT2D eigenvalue weighted by Gasteiger charge is -2.04. The first kappa shape index (κ1) is 40.4. The van der Waals surface area contributed by atoms with E-state index in [1.54, 1.807) is 23.6 Å². The monoisotopic (exact) mass is 667 g/mol. The van der Waals surface area contributed by atoms with Crippen molar-refractivity contribution in [2.45, 2.75) is 80.1 Å². The van der Waals surface area contributed by atoms with Gasteiger partial charge in [0.1, 0.15) is 17.3 Å². The lowest BCUT2D eigenvalue weighted by Crippen LogP contribution is -2.24. The van der Waals surface area contributed by atoms with Crippen LogP contribution in [0.3, 0.4) is 0 Å². The van der Waals surface area contributed by atoms with Crippen molar-refractivity contribution in [3.8, 4) is 22.4 Å². The maximum Gasteiger partial charge on any atom is 0.253 e. The highest BCUT2D eigenvalue weighted by molar-refractivity contribution is 7.82. The Morgan fingerprint density at radius 3 is 2.28 bits per heavy atom. The molecule has 10 heteroatoms. The van der Waals surface area contributed by atoms with Crippen LogP contribution in [-0.4, -0.2) is 50.2 Å². The number of aryl methyl sites for hydroxylation is 1. The summed E-state index contributed by atoms with van der Waals surface area (Å²) in [5.41, 5.74) is 5.93. The van der Waals surface area contributed by atoms with E-state index < -0.39 is 11.0 Å². The highest BCUT2D eigenvalue weighted by atomic mass is 32.2. The molecule has 0 aliphatic carbocycles. The molecule has 8 nitrogen and oxygen atoms in total. The van der Waals surface area contributed by atoms with Crippen LogP contribution in [-0.2, 0) is 15.8 Å². The first-order valence-electron chi connectivity index (χ1n) is 16.0. The zero-order chi connectivity index (χ0) is 34.3. The zero-order valence-corrected chi connectivity index (χ0v) is 30.5. The van der Waals surface area contributed by atoms with Crippen molar-refractivity contribution in [2.24, 2.45) is 5.92 Å². The molecule has 2 atom stereocenters. The van der Waals surface area contributed by atoms with Gasteiger partial charge >= 0.3 is 0 Å². The number of nitrogens with one attached hydrogen (secondary N) is 2. The van der Waals surface area contributed by atoms with Gasteiger partial charge in [-0.15, -0.1) is 11.3 Å². The van der Waals surface area contributed by atoms with Crippen LogP contribution >= 0.6 is 11.3 Å². The Labute approximate surface area is 283 Å². The summed E-state index contributed by atoms with van der Waals surface area (Å²) in [7, 11) is 0.724. The molecule has 0 fully saturated rings. The Balaban J connectivity index is 0.000000354. The Morgan fingerprint density at radius 2 is 1.74 bits per heavy atom. The largest absolute Gasteiger partial charge is 0.365 e. The van der Waals surface area contributed by atoms with Crippen molar-refractivity contribution in [1.29, 1.82) is 0 Å². The Hall–Kier alpha value is -3.63. The number of benzene rings is 1. The fourth-order valence-electron chi connectivity index (χ4n) is 3.77. The van der Waals surface area contributed by atoms with Crippen molar-refractivity contribution in [2.75, 3.05) is 25.2 Å². The van der Waals surface area contributed by atoms with E-state index in [9.17, 15) is 13.8 Å². The molecule has 3 aromatic heterocycles. The number of amides is 1. The number of rotatable bonds is 12. The molecule has 46 heavy (non-hydrogen) atoms. The zero-order valence-electron chi connectivity index (χ0n) is 28.8. The summed E-state index contributed by atoms with van der Waals surface area (Å²) in [5.74, 6) is 0.608. The highest BCUT2D eigenvalue weighted by Gasteiger charge is 2.08. The number of nitrogens with zero attached hydrogens (tertiary/aromatic N) is 3. The quantitative estimate of drug-likeness (QED) is 0.146. The number of unbranched alkanes of at least 4 members (excludes halogenated alkanes) is 2. The van der Waals surface area contributed by atoms with Gasteiger partial charge in [-0.2, -0.15) is 0 Å². The minimum absolute atomic E-state index is 0.0147. The third kappa shape index (κ3) is 15.6. The second-order valence-corrected chi connectivity index (χ2v) is 12.9. The van der Waals surface area contributed by atoms with E-state index in [1.165, 1.54) is 66.1 Å². The average Bonchev–Trinajstić information content (AvgIpc) is 3.78. The Kier molecular flexibility index (Phi) is 20.8. The molecule has 1 amide bonds. The van der Waals surface area contributed by atoms with Gasteiger partial charge in [0.2, 0.25) is 0 Å². The van der Waals surface area contributed by atoms with Crippen LogP contribution < -0.4 is 10.6 Å². The van der Waals surface area contributed by atoms with Crippen molar-refractivity contribution in [1.82, 2.24) is 19.3 Å². The number of hydrogen-bond acceptors (Lipinski definition) is 7. The normalized spacial score (nSPS) is 11.3. The summed E-state index contributed by atoms with van der Waals surface area (Å²) in [4.78, 5) is 30.0. The van der Waals surface area contributed by atoms with Gasteiger partial charge in [-0.3, -0.25) is 13.8 Å². The number of carbonyl (C=O) groups excluding carboxylic acids is 2. The molecule has 0 bridgehead atoms. The molecular weight excluding hydrogens is 615 g/mol. The molecule has 0 aliphatic heterocycles. The van der Waals surface area contributed by atoms with Crippen LogP contribution in [0.25, 0.3) is 22.4 Å². The summed E-state index contributed by atoms with van der Waals surface area (Å²) in [6, 6.07) is 14.1. The molecule has 0 radical (unpaired) electrons. The number of carbonyl (C=O) groups is 2. The second-order valence-electron chi connectivity index (χ2n) is 10.8. The maximum absolute atomic E-state index is 11.3. The van der Waals surface area contributed by atoms with Gasteiger partial charge in [0.25, 0.3) is 5.91 Å². The van der Waals surface area contributed by atoms with Gasteiger partial charge in [-0.1, -0.05) is 91.3 Å². The van der Waals surface area contributed by atoms with Crippen LogP contribution in [0.4, 0.5) is 5.13 Å². The lowest BCUT2D eigenvalue weighted by atomic mass is 10.0. The van der Waals surface area contributed by atoms with Crippen molar-refractivity contribution in [3.63, 3.8) is 0 Å². The van der Waals surface area contributed by atoms with Gasteiger partial charge in [-0.25, -0.2) is 9.19 Å². The third-order valence-electron chi connectivity index (χ3n) is 6.93. The standard InChI is InChI=1S/C16H15N3S.C8H10N2O3S.C8H18.C4H10/c1-11-8-13(6-7-18-11)12-4-3-5-14(9-12)15-10-20-16(17-2)19-15;1-14(13)10-4-2-7(6-10)8(12)9-3-5-11;1-4-6-7-8(3)5-2;1-3-4-2/h3-10H,1-2H3,(H,17,19);2,4-6H,3H2,1H3,(H,9,12);8H,4-7H2,1-3H3;3-4H2,1-2H3. The molecule has 4 aromatic rings. The molecule has 0 spiro atoms. The summed E-state index contributed by atoms with van der Waals surface area (Å²) in [6.07, 6.45) is 15.1. The van der Waals surface area contributed by atoms with E-state index in [1.807, 2.05) is 26.2 Å². The molecular formula is C36H53N5O3S2. The molecule has 2 unspecified atom stereocenters. The van der Waals surface area contributed by atoms with Crippen LogP contribution in [0, 0.1) is 12.8 Å². The molecule has 3 heterocycles. The first-order valence-corrected chi connectivity index (χ1v) is 18.4. The summed E-state index contributed by atoms with van der Waals surface area (Å²) in [5, 5.41) is 8.46. The van der Waals surface area contributed by atoms with Crippen LogP contribution in [0.2, 0.25) is 0 Å². The van der Waals surface area contributed by atoms with Crippen molar-refractivity contribution >= 4 is 39.6 Å². The smallest absolute Gasteiger partial charge is 0.253 e. The minimum Gasteiger partial charge on any atom is -0.365 e. The fourth-order valence-corrected chi connectivity index (χ4v) is 4.94. The van der Waals surface area contributed by atoms with Crippen LogP contribution in [0.5, 0.6) is 0 Å². The summed E-state index contributed by atoms with van der Waals surface area (Å²) in [6.45, 7) is 13.2. The van der Waals surface area contributed by atoms with Gasteiger partial charge in [0.15, 0.2) is 5.13 Å². The molecule has 0 saturated heterocycles. The predicted molar refractivity (Wildman–Crippen MR) is 197 cm³/mol. The molecule has 252 valence electrons. The number of aldehydes is 1.